The van der Waals surface area contributed by atoms with Crippen molar-refractivity contribution in [1.82, 2.24) is 15.2 Å². The summed E-state index contributed by atoms with van der Waals surface area (Å²) in [6.07, 6.45) is 4.10. The topological polar surface area (TPSA) is 114 Å². The van der Waals surface area contributed by atoms with E-state index in [0.717, 1.165) is 6.20 Å². The molecule has 0 radical (unpaired) electrons. The molecule has 2 rings (SSSR count). The molecule has 21 heavy (non-hydrogen) atoms. The van der Waals surface area contributed by atoms with Gasteiger partial charge in [-0.1, -0.05) is 0 Å². The fourth-order valence-corrected chi connectivity index (χ4v) is 2.84. The molecular formula is C12H14N4O4S. The van der Waals surface area contributed by atoms with Gasteiger partial charge in [0.25, 0.3) is 10.0 Å². The van der Waals surface area contributed by atoms with E-state index in [9.17, 15) is 13.2 Å². The van der Waals surface area contributed by atoms with Crippen LogP contribution in [0.5, 0.6) is 0 Å². The van der Waals surface area contributed by atoms with Gasteiger partial charge in [0, 0.05) is 12.4 Å². The van der Waals surface area contributed by atoms with E-state index < -0.39 is 16.0 Å². The molecule has 0 unspecified atom stereocenters. The van der Waals surface area contributed by atoms with E-state index in [1.54, 1.807) is 13.8 Å². The molecule has 0 fully saturated rings. The number of nitrogens with one attached hydrogen (secondary N) is 2. The van der Waals surface area contributed by atoms with Gasteiger partial charge in [-0.15, -0.1) is 0 Å². The number of hydrogen-bond donors (Lipinski definition) is 2. The zero-order valence-corrected chi connectivity index (χ0v) is 12.3. The van der Waals surface area contributed by atoms with E-state index in [2.05, 4.69) is 19.9 Å². The first kappa shape index (κ1) is 15.0. The molecule has 0 saturated carbocycles. The standard InChI is InChI=1S/C12H14N4O4S/c1-3-20-12(17)9-7-14-15-11(9)21(18,19)16-10-4-5-13-6-8(10)2/h4-7H,3H2,1-2H3,(H,13,16)(H,14,15). The first-order valence-electron chi connectivity index (χ1n) is 6.09. The van der Waals surface area contributed by atoms with Crippen molar-refractivity contribution in [3.05, 3.63) is 35.8 Å². The monoisotopic (exact) mass is 310 g/mol. The van der Waals surface area contributed by atoms with Crippen LogP contribution in [0.3, 0.4) is 0 Å². The van der Waals surface area contributed by atoms with Gasteiger partial charge in [-0.3, -0.25) is 14.8 Å². The van der Waals surface area contributed by atoms with Crippen LogP contribution in [0.15, 0.2) is 29.7 Å². The number of carbonyl (C=O) groups excluding carboxylic acids is 1. The minimum atomic E-state index is -3.98. The van der Waals surface area contributed by atoms with Gasteiger partial charge in [0.1, 0.15) is 5.56 Å². The lowest BCUT2D eigenvalue weighted by molar-refractivity contribution is 0.0522. The summed E-state index contributed by atoms with van der Waals surface area (Å²) in [5.74, 6) is -0.752. The molecule has 2 N–H and O–H groups in total. The number of aromatic amines is 1. The van der Waals surface area contributed by atoms with Crippen LogP contribution in [0.25, 0.3) is 0 Å². The molecule has 112 valence electrons. The molecule has 0 aromatic carbocycles. The SMILES string of the molecule is CCOC(=O)c1cn[nH]c1S(=O)(=O)Nc1ccncc1C. The van der Waals surface area contributed by atoms with Gasteiger partial charge in [0.15, 0.2) is 5.03 Å². The Morgan fingerprint density at radius 3 is 2.86 bits per heavy atom. The molecule has 0 bridgehead atoms. The summed E-state index contributed by atoms with van der Waals surface area (Å²) in [5.41, 5.74) is 0.878. The van der Waals surface area contributed by atoms with Crippen LogP contribution >= 0.6 is 0 Å². The summed E-state index contributed by atoms with van der Waals surface area (Å²) >= 11 is 0. The Kier molecular flexibility index (Phi) is 4.22. The average molecular weight is 310 g/mol. The normalized spacial score (nSPS) is 11.1. The Morgan fingerprint density at radius 1 is 1.43 bits per heavy atom. The van der Waals surface area contributed by atoms with E-state index in [1.807, 2.05) is 0 Å². The smallest absolute Gasteiger partial charge is 0.342 e. The van der Waals surface area contributed by atoms with Gasteiger partial charge < -0.3 is 4.74 Å². The Hall–Kier alpha value is -2.42. The quantitative estimate of drug-likeness (QED) is 0.799. The molecule has 2 heterocycles. The average Bonchev–Trinajstić information content (AvgIpc) is 2.92. The summed E-state index contributed by atoms with van der Waals surface area (Å²) in [6.45, 7) is 3.48. The number of esters is 1. The van der Waals surface area contributed by atoms with Crippen LogP contribution in [0, 0.1) is 6.92 Å². The molecule has 0 aliphatic heterocycles. The first-order chi connectivity index (χ1) is 9.95. The Bertz CT molecular complexity index is 754. The third-order valence-corrected chi connectivity index (χ3v) is 3.97. The number of hydrogen-bond acceptors (Lipinski definition) is 6. The van der Waals surface area contributed by atoms with Crippen molar-refractivity contribution in [3.63, 3.8) is 0 Å². The Morgan fingerprint density at radius 2 is 2.19 bits per heavy atom. The zero-order chi connectivity index (χ0) is 15.5. The molecule has 0 saturated heterocycles. The fraction of sp³-hybridized carbons (Fsp3) is 0.250. The second-order valence-corrected chi connectivity index (χ2v) is 5.75. The van der Waals surface area contributed by atoms with Crippen molar-refractivity contribution in [1.29, 1.82) is 0 Å². The number of ether oxygens (including phenoxy) is 1. The Labute approximate surface area is 121 Å². The summed E-state index contributed by atoms with van der Waals surface area (Å²) in [7, 11) is -3.98. The number of anilines is 1. The van der Waals surface area contributed by atoms with Gasteiger partial charge in [-0.2, -0.15) is 13.5 Å². The number of carbonyl (C=O) groups is 1. The molecule has 2 aromatic heterocycles. The number of sulfonamides is 1. The number of H-pyrrole nitrogens is 1. The molecule has 8 nitrogen and oxygen atoms in total. The minimum absolute atomic E-state index is 0.139. The summed E-state index contributed by atoms with van der Waals surface area (Å²) < 4.78 is 31.8. The van der Waals surface area contributed by atoms with E-state index in [1.165, 1.54) is 18.5 Å². The van der Waals surface area contributed by atoms with Crippen LogP contribution in [0.1, 0.15) is 22.8 Å². The third kappa shape index (κ3) is 3.19. The van der Waals surface area contributed by atoms with Crippen LogP contribution in [-0.2, 0) is 14.8 Å². The van der Waals surface area contributed by atoms with Crippen molar-refractivity contribution >= 4 is 21.7 Å². The lowest BCUT2D eigenvalue weighted by Gasteiger charge is -2.09. The van der Waals surface area contributed by atoms with Gasteiger partial charge in [-0.05, 0) is 25.5 Å². The lowest BCUT2D eigenvalue weighted by Crippen LogP contribution is -2.18. The predicted octanol–water partition coefficient (Wildman–Crippen LogP) is 1.09. The zero-order valence-electron chi connectivity index (χ0n) is 11.5. The number of rotatable bonds is 5. The van der Waals surface area contributed by atoms with Crippen molar-refractivity contribution in [3.8, 4) is 0 Å². The number of aromatic nitrogens is 3. The molecule has 0 spiro atoms. The van der Waals surface area contributed by atoms with Crippen LogP contribution in [0.2, 0.25) is 0 Å². The maximum atomic E-state index is 12.3. The van der Waals surface area contributed by atoms with Gasteiger partial charge in [0.2, 0.25) is 0 Å². The second-order valence-electron chi connectivity index (χ2n) is 4.13. The van der Waals surface area contributed by atoms with Crippen molar-refractivity contribution in [2.45, 2.75) is 18.9 Å². The summed E-state index contributed by atoms with van der Waals surface area (Å²) in [6, 6.07) is 1.52. The summed E-state index contributed by atoms with van der Waals surface area (Å²) in [4.78, 5) is 15.6. The molecule has 0 aliphatic carbocycles. The van der Waals surface area contributed by atoms with Crippen molar-refractivity contribution in [2.24, 2.45) is 0 Å². The minimum Gasteiger partial charge on any atom is -0.462 e. The van der Waals surface area contributed by atoms with Gasteiger partial charge >= 0.3 is 5.97 Å². The van der Waals surface area contributed by atoms with Gasteiger partial charge in [-0.25, -0.2) is 4.79 Å². The molecule has 0 amide bonds. The van der Waals surface area contributed by atoms with E-state index in [0.29, 0.717) is 11.3 Å². The molecule has 0 atom stereocenters. The maximum Gasteiger partial charge on any atom is 0.342 e. The largest absolute Gasteiger partial charge is 0.462 e. The predicted molar refractivity (Wildman–Crippen MR) is 74.3 cm³/mol. The lowest BCUT2D eigenvalue weighted by atomic mass is 10.3. The molecule has 2 aromatic rings. The Balaban J connectivity index is 2.35. The van der Waals surface area contributed by atoms with Gasteiger partial charge in [0.05, 0.1) is 18.5 Å². The third-order valence-electron chi connectivity index (χ3n) is 2.63. The number of aryl methyl sites for hydroxylation is 1. The van der Waals surface area contributed by atoms with E-state index in [-0.39, 0.29) is 17.2 Å². The molecule has 9 heteroatoms. The van der Waals surface area contributed by atoms with E-state index >= 15 is 0 Å². The highest BCUT2D eigenvalue weighted by Gasteiger charge is 2.26. The highest BCUT2D eigenvalue weighted by molar-refractivity contribution is 7.92. The number of pyridine rings is 1. The molecular weight excluding hydrogens is 296 g/mol. The maximum absolute atomic E-state index is 12.3. The highest BCUT2D eigenvalue weighted by atomic mass is 32.2. The van der Waals surface area contributed by atoms with Crippen LogP contribution in [-0.4, -0.2) is 36.2 Å². The first-order valence-corrected chi connectivity index (χ1v) is 7.58. The number of nitrogens with zero attached hydrogens (tertiary/aromatic N) is 2. The van der Waals surface area contributed by atoms with E-state index in [4.69, 9.17) is 4.74 Å². The van der Waals surface area contributed by atoms with Crippen LogP contribution in [0.4, 0.5) is 5.69 Å². The second kappa shape index (κ2) is 5.92. The molecule has 0 aliphatic rings. The van der Waals surface area contributed by atoms with Crippen LogP contribution < -0.4 is 4.72 Å². The highest BCUT2D eigenvalue weighted by Crippen LogP contribution is 2.20. The summed E-state index contributed by atoms with van der Waals surface area (Å²) in [5, 5.41) is 5.57. The van der Waals surface area contributed by atoms with Crippen molar-refractivity contribution < 1.29 is 17.9 Å². The van der Waals surface area contributed by atoms with Crippen molar-refractivity contribution in [2.75, 3.05) is 11.3 Å². The fourth-order valence-electron chi connectivity index (χ4n) is 1.62.